The molecule has 1 aromatic rings. The van der Waals surface area contributed by atoms with Crippen molar-refractivity contribution in [3.63, 3.8) is 0 Å². The lowest BCUT2D eigenvalue weighted by atomic mass is 9.67. The number of hydrogen-bond acceptors (Lipinski definition) is 1. The first-order valence-electron chi connectivity index (χ1n) is 7.25. The first-order valence-corrected chi connectivity index (χ1v) is 7.25. The van der Waals surface area contributed by atoms with Crippen molar-refractivity contribution in [3.05, 3.63) is 46.0 Å². The van der Waals surface area contributed by atoms with Crippen LogP contribution in [0.25, 0.3) is 0 Å². The monoisotopic (exact) mass is 258 g/mol. The molecule has 1 heteroatoms. The van der Waals surface area contributed by atoms with Crippen LogP contribution in [-0.2, 0) is 0 Å². The molecule has 0 amide bonds. The van der Waals surface area contributed by atoms with Gasteiger partial charge in [0, 0.05) is 5.92 Å². The molecule has 1 N–H and O–H groups in total. The van der Waals surface area contributed by atoms with Crippen LogP contribution in [0.15, 0.2) is 29.3 Å². The second-order valence-electron chi connectivity index (χ2n) is 6.64. The molecule has 0 aromatic heterocycles. The van der Waals surface area contributed by atoms with Crippen LogP contribution in [0.5, 0.6) is 0 Å². The van der Waals surface area contributed by atoms with Crippen molar-refractivity contribution in [2.75, 3.05) is 6.61 Å². The summed E-state index contributed by atoms with van der Waals surface area (Å²) in [6.07, 6.45) is 2.34. The smallest absolute Gasteiger partial charge is 0.0649 e. The molecule has 0 fully saturated rings. The zero-order valence-electron chi connectivity index (χ0n) is 12.9. The average molecular weight is 258 g/mol. The number of benzene rings is 1. The molecule has 0 saturated carbocycles. The molecule has 1 nitrogen and oxygen atoms in total. The van der Waals surface area contributed by atoms with E-state index >= 15 is 0 Å². The van der Waals surface area contributed by atoms with Gasteiger partial charge in [-0.1, -0.05) is 37.6 Å². The fourth-order valence-electron chi connectivity index (χ4n) is 3.35. The second kappa shape index (κ2) is 5.13. The predicted molar refractivity (Wildman–Crippen MR) is 81.5 cm³/mol. The van der Waals surface area contributed by atoms with Crippen molar-refractivity contribution < 1.29 is 5.11 Å². The predicted octanol–water partition coefficient (Wildman–Crippen LogP) is 4.52. The lowest BCUT2D eigenvalue weighted by molar-refractivity contribution is 0.257. The zero-order valence-corrected chi connectivity index (χ0v) is 12.9. The summed E-state index contributed by atoms with van der Waals surface area (Å²) in [5.41, 5.74) is 6.88. The molecule has 0 aliphatic heterocycles. The van der Waals surface area contributed by atoms with Gasteiger partial charge in [0.15, 0.2) is 0 Å². The Morgan fingerprint density at radius 2 is 1.84 bits per heavy atom. The molecule has 0 bridgehead atoms. The van der Waals surface area contributed by atoms with Gasteiger partial charge in [-0.2, -0.15) is 0 Å². The van der Waals surface area contributed by atoms with Gasteiger partial charge >= 0.3 is 0 Å². The van der Waals surface area contributed by atoms with Crippen molar-refractivity contribution in [2.45, 2.75) is 53.4 Å². The molecule has 1 atom stereocenters. The van der Waals surface area contributed by atoms with Crippen LogP contribution in [0.2, 0.25) is 0 Å². The van der Waals surface area contributed by atoms with Crippen LogP contribution < -0.4 is 0 Å². The van der Waals surface area contributed by atoms with Gasteiger partial charge in [-0.15, -0.1) is 0 Å². The maximum atomic E-state index is 9.70. The SMILES string of the molecule is CC1=C(CO)C(C)(C)CCC1c1ccc(C)c(C)c1. The van der Waals surface area contributed by atoms with E-state index in [0.29, 0.717) is 5.92 Å². The highest BCUT2D eigenvalue weighted by Gasteiger charge is 2.33. The third-order valence-electron chi connectivity index (χ3n) is 4.97. The molecule has 1 unspecified atom stereocenters. The highest BCUT2D eigenvalue weighted by Crippen LogP contribution is 2.46. The Balaban J connectivity index is 2.43. The van der Waals surface area contributed by atoms with Crippen molar-refractivity contribution in [1.82, 2.24) is 0 Å². The number of aliphatic hydroxyl groups is 1. The Morgan fingerprint density at radius 3 is 2.42 bits per heavy atom. The van der Waals surface area contributed by atoms with E-state index in [4.69, 9.17) is 0 Å². The van der Waals surface area contributed by atoms with Crippen LogP contribution >= 0.6 is 0 Å². The quantitative estimate of drug-likeness (QED) is 0.773. The molecule has 0 heterocycles. The third kappa shape index (κ3) is 2.62. The van der Waals surface area contributed by atoms with Gasteiger partial charge in [-0.05, 0) is 61.3 Å². The molecular formula is C18H26O. The van der Waals surface area contributed by atoms with E-state index in [1.165, 1.54) is 34.3 Å². The normalized spacial score (nSPS) is 22.7. The lowest BCUT2D eigenvalue weighted by Gasteiger charge is -2.38. The Hall–Kier alpha value is -1.08. The number of hydrogen-bond donors (Lipinski definition) is 1. The number of rotatable bonds is 2. The fraction of sp³-hybridized carbons (Fsp3) is 0.556. The third-order valence-corrected chi connectivity index (χ3v) is 4.97. The summed E-state index contributed by atoms with van der Waals surface area (Å²) < 4.78 is 0. The van der Waals surface area contributed by atoms with E-state index in [9.17, 15) is 5.11 Å². The largest absolute Gasteiger partial charge is 0.392 e. The van der Waals surface area contributed by atoms with Crippen LogP contribution in [-0.4, -0.2) is 11.7 Å². The Bertz CT molecular complexity index is 508. The molecule has 2 rings (SSSR count). The van der Waals surface area contributed by atoms with E-state index in [2.05, 4.69) is 52.8 Å². The highest BCUT2D eigenvalue weighted by atomic mass is 16.3. The molecule has 0 radical (unpaired) electrons. The summed E-state index contributed by atoms with van der Waals surface area (Å²) in [7, 11) is 0. The fourth-order valence-corrected chi connectivity index (χ4v) is 3.35. The average Bonchev–Trinajstić information content (AvgIpc) is 2.33. The minimum atomic E-state index is 0.148. The lowest BCUT2D eigenvalue weighted by Crippen LogP contribution is -2.26. The Labute approximate surface area is 117 Å². The van der Waals surface area contributed by atoms with Gasteiger partial charge < -0.3 is 5.11 Å². The standard InChI is InChI=1S/C18H26O/c1-12-6-7-15(10-13(12)2)16-8-9-18(4,5)17(11-19)14(16)3/h6-7,10,16,19H,8-9,11H2,1-5H3. The number of aryl methyl sites for hydroxylation is 2. The first-order chi connectivity index (χ1) is 8.86. The summed E-state index contributed by atoms with van der Waals surface area (Å²) in [6, 6.07) is 6.79. The molecule has 0 spiro atoms. The van der Waals surface area contributed by atoms with Gasteiger partial charge in [0.25, 0.3) is 0 Å². The van der Waals surface area contributed by atoms with Crippen LogP contribution in [0.4, 0.5) is 0 Å². The summed E-state index contributed by atoms with van der Waals surface area (Å²) >= 11 is 0. The molecule has 104 valence electrons. The summed E-state index contributed by atoms with van der Waals surface area (Å²) in [5, 5.41) is 9.70. The molecule has 19 heavy (non-hydrogen) atoms. The molecule has 1 aliphatic rings. The summed E-state index contributed by atoms with van der Waals surface area (Å²) in [4.78, 5) is 0. The molecule has 1 aromatic carbocycles. The van der Waals surface area contributed by atoms with Crippen molar-refractivity contribution in [1.29, 1.82) is 0 Å². The van der Waals surface area contributed by atoms with Crippen LogP contribution in [0.1, 0.15) is 56.2 Å². The van der Waals surface area contributed by atoms with Crippen LogP contribution in [0, 0.1) is 19.3 Å². The Kier molecular flexibility index (Phi) is 3.87. The van der Waals surface area contributed by atoms with Gasteiger partial charge in [0.05, 0.1) is 6.61 Å². The van der Waals surface area contributed by atoms with Crippen molar-refractivity contribution in [3.8, 4) is 0 Å². The van der Waals surface area contributed by atoms with Crippen molar-refractivity contribution in [2.24, 2.45) is 5.41 Å². The maximum absolute atomic E-state index is 9.70. The van der Waals surface area contributed by atoms with E-state index in [0.717, 1.165) is 6.42 Å². The molecule has 1 aliphatic carbocycles. The number of allylic oxidation sites excluding steroid dienone is 1. The second-order valence-corrected chi connectivity index (χ2v) is 6.64. The van der Waals surface area contributed by atoms with Gasteiger partial charge in [0.2, 0.25) is 0 Å². The molecule has 0 saturated heterocycles. The van der Waals surface area contributed by atoms with Crippen LogP contribution in [0.3, 0.4) is 0 Å². The topological polar surface area (TPSA) is 20.2 Å². The van der Waals surface area contributed by atoms with E-state index < -0.39 is 0 Å². The summed E-state index contributed by atoms with van der Waals surface area (Å²) in [6.45, 7) is 11.2. The molecular weight excluding hydrogens is 232 g/mol. The highest BCUT2D eigenvalue weighted by molar-refractivity contribution is 5.39. The van der Waals surface area contributed by atoms with Gasteiger partial charge in [-0.25, -0.2) is 0 Å². The van der Waals surface area contributed by atoms with E-state index in [1.807, 2.05) is 0 Å². The number of aliphatic hydroxyl groups excluding tert-OH is 1. The van der Waals surface area contributed by atoms with E-state index in [1.54, 1.807) is 0 Å². The minimum absolute atomic E-state index is 0.148. The van der Waals surface area contributed by atoms with Gasteiger partial charge in [-0.3, -0.25) is 0 Å². The maximum Gasteiger partial charge on any atom is 0.0649 e. The van der Waals surface area contributed by atoms with Gasteiger partial charge in [0.1, 0.15) is 0 Å². The minimum Gasteiger partial charge on any atom is -0.392 e. The zero-order chi connectivity index (χ0) is 14.2. The Morgan fingerprint density at radius 1 is 1.16 bits per heavy atom. The summed E-state index contributed by atoms with van der Waals surface area (Å²) in [5.74, 6) is 0.481. The first kappa shape index (κ1) is 14.3. The van der Waals surface area contributed by atoms with Crippen molar-refractivity contribution >= 4 is 0 Å². The van der Waals surface area contributed by atoms with E-state index in [-0.39, 0.29) is 12.0 Å².